The van der Waals surface area contributed by atoms with E-state index in [1.54, 1.807) is 6.07 Å². The van der Waals surface area contributed by atoms with Crippen molar-refractivity contribution in [2.75, 3.05) is 6.54 Å². The van der Waals surface area contributed by atoms with Crippen LogP contribution in [0.5, 0.6) is 0 Å². The molecule has 0 saturated carbocycles. The molecule has 1 atom stereocenters. The summed E-state index contributed by atoms with van der Waals surface area (Å²) in [6.45, 7) is 4.75. The standard InChI is InChI=1S/C22H22ClN3O/c1-14(2)12-26-21(27)10-18(17-8-5-6-15(11-24)22(17)23)19-13-25-20-9-4-3-7-16(19)20/h3-9,13-14,18,25H,10,12H2,1-2H3,(H,26,27). The second-order valence-corrected chi connectivity index (χ2v) is 7.44. The van der Waals surface area contributed by atoms with Crippen LogP contribution in [0.3, 0.4) is 0 Å². The summed E-state index contributed by atoms with van der Waals surface area (Å²) >= 11 is 6.52. The fraction of sp³-hybridized carbons (Fsp3) is 0.273. The summed E-state index contributed by atoms with van der Waals surface area (Å²) in [5, 5.41) is 13.8. The summed E-state index contributed by atoms with van der Waals surface area (Å²) < 4.78 is 0. The zero-order chi connectivity index (χ0) is 19.4. The Morgan fingerprint density at radius 1 is 1.19 bits per heavy atom. The molecule has 138 valence electrons. The van der Waals surface area contributed by atoms with E-state index in [0.717, 1.165) is 22.0 Å². The highest BCUT2D eigenvalue weighted by atomic mass is 35.5. The van der Waals surface area contributed by atoms with Crippen molar-refractivity contribution in [1.29, 1.82) is 5.26 Å². The summed E-state index contributed by atoms with van der Waals surface area (Å²) in [6.07, 6.45) is 2.20. The Kier molecular flexibility index (Phi) is 5.83. The Hall–Kier alpha value is -2.77. The zero-order valence-corrected chi connectivity index (χ0v) is 16.2. The van der Waals surface area contributed by atoms with Crippen LogP contribution in [-0.4, -0.2) is 17.4 Å². The van der Waals surface area contributed by atoms with Crippen LogP contribution in [-0.2, 0) is 4.79 Å². The summed E-state index contributed by atoms with van der Waals surface area (Å²) in [5.41, 5.74) is 3.22. The number of aromatic nitrogens is 1. The second-order valence-electron chi connectivity index (χ2n) is 7.06. The van der Waals surface area contributed by atoms with Gasteiger partial charge in [0.05, 0.1) is 10.6 Å². The first-order chi connectivity index (χ1) is 13.0. The van der Waals surface area contributed by atoms with Crippen molar-refractivity contribution in [3.8, 4) is 6.07 Å². The number of fused-ring (bicyclic) bond motifs is 1. The minimum atomic E-state index is -0.242. The molecule has 2 N–H and O–H groups in total. The molecule has 0 bridgehead atoms. The van der Waals surface area contributed by atoms with E-state index in [0.29, 0.717) is 23.0 Å². The lowest BCUT2D eigenvalue weighted by Gasteiger charge is -2.19. The molecule has 1 heterocycles. The molecule has 0 saturated heterocycles. The summed E-state index contributed by atoms with van der Waals surface area (Å²) in [7, 11) is 0. The molecule has 0 spiro atoms. The van der Waals surface area contributed by atoms with Gasteiger partial charge in [-0.05, 0) is 29.2 Å². The molecule has 1 aromatic heterocycles. The van der Waals surface area contributed by atoms with Crippen LogP contribution in [0.25, 0.3) is 10.9 Å². The third kappa shape index (κ3) is 4.15. The number of halogens is 1. The number of carbonyl (C=O) groups is 1. The maximum Gasteiger partial charge on any atom is 0.220 e. The molecule has 0 radical (unpaired) electrons. The van der Waals surface area contributed by atoms with Crippen molar-refractivity contribution < 1.29 is 4.79 Å². The number of rotatable bonds is 6. The Morgan fingerprint density at radius 3 is 2.70 bits per heavy atom. The van der Waals surface area contributed by atoms with Gasteiger partial charge in [-0.25, -0.2) is 0 Å². The number of benzene rings is 2. The lowest BCUT2D eigenvalue weighted by Crippen LogP contribution is -2.28. The van der Waals surface area contributed by atoms with Crippen LogP contribution in [0.2, 0.25) is 5.02 Å². The van der Waals surface area contributed by atoms with Crippen LogP contribution in [0.4, 0.5) is 0 Å². The van der Waals surface area contributed by atoms with Crippen molar-refractivity contribution >= 4 is 28.4 Å². The molecule has 4 nitrogen and oxygen atoms in total. The quantitative estimate of drug-likeness (QED) is 0.633. The number of para-hydroxylation sites is 1. The van der Waals surface area contributed by atoms with E-state index in [1.807, 2.05) is 42.6 Å². The van der Waals surface area contributed by atoms with E-state index in [-0.39, 0.29) is 18.2 Å². The van der Waals surface area contributed by atoms with Gasteiger partial charge in [0.1, 0.15) is 6.07 Å². The van der Waals surface area contributed by atoms with Gasteiger partial charge >= 0.3 is 0 Å². The molecule has 3 aromatic rings. The first kappa shape index (κ1) is 19.0. The van der Waals surface area contributed by atoms with E-state index < -0.39 is 0 Å². The largest absolute Gasteiger partial charge is 0.361 e. The van der Waals surface area contributed by atoms with Crippen LogP contribution < -0.4 is 5.32 Å². The zero-order valence-electron chi connectivity index (χ0n) is 15.4. The average molecular weight is 380 g/mol. The van der Waals surface area contributed by atoms with Gasteiger partial charge in [0, 0.05) is 36.0 Å². The molecule has 0 aliphatic heterocycles. The minimum absolute atomic E-state index is 0.0302. The molecule has 5 heteroatoms. The predicted octanol–water partition coefficient (Wildman–Crippen LogP) is 4.99. The fourth-order valence-electron chi connectivity index (χ4n) is 3.25. The van der Waals surface area contributed by atoms with Gasteiger partial charge in [-0.3, -0.25) is 4.79 Å². The van der Waals surface area contributed by atoms with Gasteiger partial charge < -0.3 is 10.3 Å². The number of nitrogens with one attached hydrogen (secondary N) is 2. The molecular weight excluding hydrogens is 358 g/mol. The highest BCUT2D eigenvalue weighted by Gasteiger charge is 2.24. The predicted molar refractivity (Wildman–Crippen MR) is 109 cm³/mol. The van der Waals surface area contributed by atoms with Crippen molar-refractivity contribution in [2.45, 2.75) is 26.2 Å². The summed E-state index contributed by atoms with van der Waals surface area (Å²) in [5.74, 6) is 0.109. The third-order valence-electron chi connectivity index (χ3n) is 4.62. The van der Waals surface area contributed by atoms with Crippen LogP contribution >= 0.6 is 11.6 Å². The number of amides is 1. The Balaban J connectivity index is 2.05. The normalized spacial score (nSPS) is 12.1. The van der Waals surface area contributed by atoms with Crippen LogP contribution in [0, 0.1) is 17.2 Å². The molecule has 2 aromatic carbocycles. The minimum Gasteiger partial charge on any atom is -0.361 e. The monoisotopic (exact) mass is 379 g/mol. The molecule has 0 fully saturated rings. The lowest BCUT2D eigenvalue weighted by molar-refractivity contribution is -0.121. The SMILES string of the molecule is CC(C)CNC(=O)CC(c1cccc(C#N)c1Cl)c1c[nH]c2ccccc12. The Morgan fingerprint density at radius 2 is 1.96 bits per heavy atom. The van der Waals surface area contributed by atoms with Crippen LogP contribution in [0.1, 0.15) is 42.9 Å². The summed E-state index contributed by atoms with van der Waals surface area (Å²) in [6, 6.07) is 15.5. The number of nitrogens with zero attached hydrogens (tertiary/aromatic N) is 1. The van der Waals surface area contributed by atoms with Gasteiger partial charge in [-0.1, -0.05) is 55.8 Å². The van der Waals surface area contributed by atoms with Crippen LogP contribution in [0.15, 0.2) is 48.7 Å². The van der Waals surface area contributed by atoms with E-state index in [9.17, 15) is 10.1 Å². The molecule has 0 aliphatic carbocycles. The lowest BCUT2D eigenvalue weighted by atomic mass is 9.87. The molecular formula is C22H22ClN3O. The second kappa shape index (κ2) is 8.28. The molecule has 27 heavy (non-hydrogen) atoms. The van der Waals surface area contributed by atoms with Crippen molar-refractivity contribution in [1.82, 2.24) is 10.3 Å². The van der Waals surface area contributed by atoms with Gasteiger partial charge in [-0.15, -0.1) is 0 Å². The molecule has 3 rings (SSSR count). The van der Waals surface area contributed by atoms with Gasteiger partial charge in [-0.2, -0.15) is 5.26 Å². The van der Waals surface area contributed by atoms with Crippen molar-refractivity contribution in [3.05, 3.63) is 70.4 Å². The van der Waals surface area contributed by atoms with E-state index in [4.69, 9.17) is 11.6 Å². The fourth-order valence-corrected chi connectivity index (χ4v) is 3.55. The van der Waals surface area contributed by atoms with Gasteiger partial charge in [0.2, 0.25) is 5.91 Å². The highest BCUT2D eigenvalue weighted by Crippen LogP contribution is 2.37. The Labute approximate surface area is 164 Å². The maximum atomic E-state index is 12.6. The number of hydrogen-bond acceptors (Lipinski definition) is 2. The third-order valence-corrected chi connectivity index (χ3v) is 5.04. The molecule has 0 aliphatic rings. The first-order valence-electron chi connectivity index (χ1n) is 9.02. The average Bonchev–Trinajstić information content (AvgIpc) is 3.09. The first-order valence-corrected chi connectivity index (χ1v) is 9.40. The molecule has 1 amide bonds. The van der Waals surface area contributed by atoms with Crippen molar-refractivity contribution in [2.24, 2.45) is 5.92 Å². The van der Waals surface area contributed by atoms with E-state index in [2.05, 4.69) is 30.2 Å². The van der Waals surface area contributed by atoms with E-state index >= 15 is 0 Å². The topological polar surface area (TPSA) is 68.7 Å². The van der Waals surface area contributed by atoms with E-state index in [1.165, 1.54) is 0 Å². The number of aromatic amines is 1. The number of nitriles is 1. The number of carbonyl (C=O) groups excluding carboxylic acids is 1. The van der Waals surface area contributed by atoms with Crippen molar-refractivity contribution in [3.63, 3.8) is 0 Å². The van der Waals surface area contributed by atoms with Gasteiger partial charge in [0.25, 0.3) is 0 Å². The highest BCUT2D eigenvalue weighted by molar-refractivity contribution is 6.32. The molecule has 1 unspecified atom stereocenters. The smallest absolute Gasteiger partial charge is 0.220 e. The number of H-pyrrole nitrogens is 1. The summed E-state index contributed by atoms with van der Waals surface area (Å²) in [4.78, 5) is 15.9. The van der Waals surface area contributed by atoms with Gasteiger partial charge in [0.15, 0.2) is 0 Å². The number of hydrogen-bond donors (Lipinski definition) is 2. The maximum absolute atomic E-state index is 12.6. The Bertz CT molecular complexity index is 1000.